The van der Waals surface area contributed by atoms with Gasteiger partial charge in [0.2, 0.25) is 10.0 Å². The molecule has 0 radical (unpaired) electrons. The lowest BCUT2D eigenvalue weighted by molar-refractivity contribution is 0.0698. The fraction of sp³-hybridized carbons (Fsp3) is 0.417. The number of hydrogen-bond donors (Lipinski definition) is 2. The first-order valence-electron chi connectivity index (χ1n) is 5.54. The quantitative estimate of drug-likeness (QED) is 0.896. The average Bonchev–Trinajstić information content (AvgIpc) is 2.11. The van der Waals surface area contributed by atoms with Crippen LogP contribution in [0.2, 0.25) is 5.02 Å². The predicted octanol–water partition coefficient (Wildman–Crippen LogP) is 2.83. The van der Waals surface area contributed by atoms with Crippen molar-refractivity contribution in [3.05, 3.63) is 28.8 Å². The number of anilines is 1. The van der Waals surface area contributed by atoms with Gasteiger partial charge in [-0.1, -0.05) is 38.4 Å². The smallest absolute Gasteiger partial charge is 0.339 e. The Hall–Kier alpha value is -1.27. The van der Waals surface area contributed by atoms with Crippen LogP contribution in [0.5, 0.6) is 0 Å². The summed E-state index contributed by atoms with van der Waals surface area (Å²) in [5.41, 5.74) is -0.709. The van der Waals surface area contributed by atoms with Crippen LogP contribution in [-0.4, -0.2) is 25.2 Å². The zero-order chi connectivity index (χ0) is 14.8. The van der Waals surface area contributed by atoms with Gasteiger partial charge < -0.3 is 5.11 Å². The molecule has 0 aromatic heterocycles. The van der Waals surface area contributed by atoms with Crippen molar-refractivity contribution in [2.45, 2.75) is 20.8 Å². The second-order valence-electron chi connectivity index (χ2n) is 5.39. The predicted molar refractivity (Wildman–Crippen MR) is 75.3 cm³/mol. The highest BCUT2D eigenvalue weighted by atomic mass is 35.5. The van der Waals surface area contributed by atoms with Crippen LogP contribution in [0.25, 0.3) is 0 Å². The molecule has 2 N–H and O–H groups in total. The third-order valence-electron chi connectivity index (χ3n) is 2.12. The van der Waals surface area contributed by atoms with Crippen molar-refractivity contribution in [2.75, 3.05) is 10.5 Å². The van der Waals surface area contributed by atoms with Crippen LogP contribution in [-0.2, 0) is 10.0 Å². The Morgan fingerprint density at radius 2 is 1.95 bits per heavy atom. The van der Waals surface area contributed by atoms with E-state index in [0.717, 1.165) is 0 Å². The summed E-state index contributed by atoms with van der Waals surface area (Å²) in [6, 6.07) is 4.26. The first-order chi connectivity index (χ1) is 8.52. The van der Waals surface area contributed by atoms with Gasteiger partial charge >= 0.3 is 5.97 Å². The molecule has 19 heavy (non-hydrogen) atoms. The van der Waals surface area contributed by atoms with Gasteiger partial charge in [0.1, 0.15) is 5.56 Å². The molecule has 0 aliphatic rings. The maximum absolute atomic E-state index is 12.0. The molecule has 1 aromatic carbocycles. The molecule has 0 spiro atoms. The number of nitrogens with one attached hydrogen (secondary N) is 1. The summed E-state index contributed by atoms with van der Waals surface area (Å²) in [4.78, 5) is 11.1. The summed E-state index contributed by atoms with van der Waals surface area (Å²) in [7, 11) is -3.64. The first-order valence-corrected chi connectivity index (χ1v) is 7.57. The molecule has 0 bridgehead atoms. The lowest BCUT2D eigenvalue weighted by Gasteiger charge is -2.19. The molecule has 1 aromatic rings. The normalized spacial score (nSPS) is 12.2. The van der Waals surface area contributed by atoms with E-state index < -0.39 is 21.4 Å². The Morgan fingerprint density at radius 3 is 2.42 bits per heavy atom. The van der Waals surface area contributed by atoms with Crippen molar-refractivity contribution in [3.63, 3.8) is 0 Å². The van der Waals surface area contributed by atoms with Gasteiger partial charge in [-0.05, 0) is 17.5 Å². The maximum Gasteiger partial charge on any atom is 0.339 e. The van der Waals surface area contributed by atoms with E-state index in [0.29, 0.717) is 0 Å². The van der Waals surface area contributed by atoms with Gasteiger partial charge in [-0.15, -0.1) is 0 Å². The van der Waals surface area contributed by atoms with Gasteiger partial charge in [0.25, 0.3) is 0 Å². The van der Waals surface area contributed by atoms with Crippen LogP contribution in [0.1, 0.15) is 31.1 Å². The lowest BCUT2D eigenvalue weighted by Crippen LogP contribution is -2.27. The van der Waals surface area contributed by atoms with Crippen molar-refractivity contribution in [1.29, 1.82) is 0 Å². The van der Waals surface area contributed by atoms with E-state index in [1.54, 1.807) is 20.8 Å². The van der Waals surface area contributed by atoms with E-state index >= 15 is 0 Å². The minimum absolute atomic E-state index is 0.0107. The van der Waals surface area contributed by atoms with Gasteiger partial charge in [0.05, 0.1) is 16.5 Å². The molecule has 0 saturated heterocycles. The van der Waals surface area contributed by atoms with Crippen LogP contribution in [0.4, 0.5) is 5.69 Å². The zero-order valence-corrected chi connectivity index (χ0v) is 12.5. The number of sulfonamides is 1. The molecular formula is C12H16ClNO4S. The van der Waals surface area contributed by atoms with Gasteiger partial charge in [-0.3, -0.25) is 4.72 Å². The number of carboxylic acid groups (broad SMARTS) is 1. The SMILES string of the molecule is CC(C)(C)CS(=O)(=O)Nc1cccc(Cl)c1C(=O)O. The molecule has 0 fully saturated rings. The molecule has 7 heteroatoms. The van der Waals surface area contributed by atoms with Gasteiger partial charge in [0.15, 0.2) is 0 Å². The first kappa shape index (κ1) is 15.8. The molecule has 1 rings (SSSR count). The maximum atomic E-state index is 12.0. The molecule has 0 aliphatic heterocycles. The fourth-order valence-electron chi connectivity index (χ4n) is 1.60. The molecule has 0 atom stereocenters. The highest BCUT2D eigenvalue weighted by Gasteiger charge is 2.24. The summed E-state index contributed by atoms with van der Waals surface area (Å²) in [5, 5.41) is 9.05. The standard InChI is InChI=1S/C12H16ClNO4S/c1-12(2,3)7-19(17,18)14-9-6-4-5-8(13)10(9)11(15)16/h4-6,14H,7H2,1-3H3,(H,15,16). The monoisotopic (exact) mass is 305 g/mol. The molecular weight excluding hydrogens is 290 g/mol. The van der Waals surface area contributed by atoms with Gasteiger partial charge in [0, 0.05) is 0 Å². The zero-order valence-electron chi connectivity index (χ0n) is 10.9. The number of benzene rings is 1. The Morgan fingerprint density at radius 1 is 1.37 bits per heavy atom. The minimum atomic E-state index is -3.64. The lowest BCUT2D eigenvalue weighted by atomic mass is 10.0. The molecule has 0 aliphatic carbocycles. The highest BCUT2D eigenvalue weighted by Crippen LogP contribution is 2.26. The molecule has 0 amide bonds. The number of carboxylic acids is 1. The summed E-state index contributed by atoms with van der Waals surface area (Å²) >= 11 is 5.77. The van der Waals surface area contributed by atoms with Crippen molar-refractivity contribution >= 4 is 33.3 Å². The van der Waals surface area contributed by atoms with Crippen LogP contribution in [0.15, 0.2) is 18.2 Å². The third kappa shape index (κ3) is 4.72. The van der Waals surface area contributed by atoms with Crippen molar-refractivity contribution in [1.82, 2.24) is 0 Å². The summed E-state index contributed by atoms with van der Waals surface area (Å²) in [6.07, 6.45) is 0. The second-order valence-corrected chi connectivity index (χ2v) is 7.52. The van der Waals surface area contributed by atoms with E-state index in [9.17, 15) is 13.2 Å². The van der Waals surface area contributed by atoms with E-state index in [1.165, 1.54) is 18.2 Å². The van der Waals surface area contributed by atoms with Gasteiger partial charge in [-0.25, -0.2) is 13.2 Å². The molecule has 106 valence electrons. The Kier molecular flexibility index (Phi) is 4.47. The highest BCUT2D eigenvalue weighted by molar-refractivity contribution is 7.92. The van der Waals surface area contributed by atoms with Crippen molar-refractivity contribution in [2.24, 2.45) is 5.41 Å². The van der Waals surface area contributed by atoms with Crippen LogP contribution in [0.3, 0.4) is 0 Å². The number of carbonyl (C=O) groups is 1. The van der Waals surface area contributed by atoms with Crippen LogP contribution >= 0.6 is 11.6 Å². The van der Waals surface area contributed by atoms with E-state index in [2.05, 4.69) is 4.72 Å². The van der Waals surface area contributed by atoms with Crippen LogP contribution < -0.4 is 4.72 Å². The van der Waals surface area contributed by atoms with Gasteiger partial charge in [-0.2, -0.15) is 0 Å². The van der Waals surface area contributed by atoms with E-state index in [1.807, 2.05) is 0 Å². The van der Waals surface area contributed by atoms with Crippen molar-refractivity contribution < 1.29 is 18.3 Å². The molecule has 5 nitrogen and oxygen atoms in total. The topological polar surface area (TPSA) is 83.5 Å². The summed E-state index contributed by atoms with van der Waals surface area (Å²) < 4.78 is 26.2. The Labute approximate surface area is 117 Å². The third-order valence-corrected chi connectivity index (χ3v) is 4.21. The summed E-state index contributed by atoms with van der Waals surface area (Å²) in [6.45, 7) is 5.34. The average molecular weight is 306 g/mol. The largest absolute Gasteiger partial charge is 0.478 e. The Bertz CT molecular complexity index is 590. The van der Waals surface area contributed by atoms with E-state index in [4.69, 9.17) is 16.7 Å². The second kappa shape index (κ2) is 5.38. The molecule has 0 unspecified atom stereocenters. The Balaban J connectivity index is 3.14. The number of hydrogen-bond acceptors (Lipinski definition) is 3. The number of aromatic carboxylic acids is 1. The van der Waals surface area contributed by atoms with Crippen molar-refractivity contribution in [3.8, 4) is 0 Å². The number of halogens is 1. The van der Waals surface area contributed by atoms with Crippen LogP contribution in [0, 0.1) is 5.41 Å². The summed E-state index contributed by atoms with van der Waals surface area (Å²) in [5.74, 6) is -1.40. The molecule has 0 heterocycles. The van der Waals surface area contributed by atoms with E-state index in [-0.39, 0.29) is 22.0 Å². The fourth-order valence-corrected chi connectivity index (χ4v) is 3.57. The minimum Gasteiger partial charge on any atom is -0.478 e. The molecule has 0 saturated carbocycles. The number of rotatable bonds is 4.